The van der Waals surface area contributed by atoms with Crippen LogP contribution in [-0.4, -0.2) is 45.7 Å². The van der Waals surface area contributed by atoms with Crippen molar-refractivity contribution >= 4 is 0 Å². The second-order valence-corrected chi connectivity index (χ2v) is 5.67. The van der Waals surface area contributed by atoms with Gasteiger partial charge in [-0.2, -0.15) is 0 Å². The van der Waals surface area contributed by atoms with Crippen molar-refractivity contribution in [3.05, 3.63) is 0 Å². The van der Waals surface area contributed by atoms with E-state index < -0.39 is 17.3 Å². The van der Waals surface area contributed by atoms with Gasteiger partial charge in [-0.25, -0.2) is 0 Å². The van der Waals surface area contributed by atoms with Gasteiger partial charge in [-0.3, -0.25) is 0 Å². The van der Waals surface area contributed by atoms with Gasteiger partial charge in [0.15, 0.2) is 0 Å². The van der Waals surface area contributed by atoms with Gasteiger partial charge >= 0.3 is 0 Å². The Balaban J connectivity index is 2.81. The zero-order valence-electron chi connectivity index (χ0n) is 9.99. The number of aliphatic hydroxyl groups is 3. The molecule has 1 fully saturated rings. The second kappa shape index (κ2) is 4.01. The highest BCUT2D eigenvalue weighted by Gasteiger charge is 2.44. The summed E-state index contributed by atoms with van der Waals surface area (Å²) in [5, 5.41) is 33.1. The zero-order valence-corrected chi connectivity index (χ0v) is 9.99. The highest BCUT2D eigenvalue weighted by molar-refractivity contribution is 4.97. The third-order valence-electron chi connectivity index (χ3n) is 3.37. The molecule has 0 saturated carbocycles. The van der Waals surface area contributed by atoms with Crippen molar-refractivity contribution in [1.29, 1.82) is 0 Å². The normalized spacial score (nSPS) is 34.2. The summed E-state index contributed by atoms with van der Waals surface area (Å²) in [4.78, 5) is 0. The van der Waals surface area contributed by atoms with E-state index in [1.165, 1.54) is 0 Å². The SMILES string of the molecule is CC(C)(O)C1CNCC(C(C)(C)O)C1O. The maximum atomic E-state index is 10.1. The molecule has 0 aliphatic carbocycles. The predicted octanol–water partition coefficient (Wildman–Crippen LogP) is -0.275. The van der Waals surface area contributed by atoms with E-state index >= 15 is 0 Å². The molecule has 1 aliphatic rings. The van der Waals surface area contributed by atoms with Gasteiger partial charge in [0.2, 0.25) is 0 Å². The molecule has 1 saturated heterocycles. The summed E-state index contributed by atoms with van der Waals surface area (Å²) in [6.45, 7) is 7.92. The lowest BCUT2D eigenvalue weighted by atomic mass is 9.73. The van der Waals surface area contributed by atoms with Crippen LogP contribution in [0.1, 0.15) is 27.7 Å². The monoisotopic (exact) mass is 217 g/mol. The fraction of sp³-hybridized carbons (Fsp3) is 1.00. The quantitative estimate of drug-likeness (QED) is 0.513. The molecule has 0 amide bonds. The molecule has 1 heterocycles. The van der Waals surface area contributed by atoms with E-state index in [1.807, 2.05) is 0 Å². The fourth-order valence-electron chi connectivity index (χ4n) is 2.25. The minimum absolute atomic E-state index is 0.248. The Hall–Kier alpha value is -0.160. The molecule has 2 unspecified atom stereocenters. The minimum Gasteiger partial charge on any atom is -0.392 e. The van der Waals surface area contributed by atoms with Crippen LogP contribution in [0.15, 0.2) is 0 Å². The summed E-state index contributed by atoms with van der Waals surface area (Å²) in [6.07, 6.45) is -0.675. The van der Waals surface area contributed by atoms with Crippen molar-refractivity contribution in [1.82, 2.24) is 5.32 Å². The molecule has 0 aromatic heterocycles. The molecule has 90 valence electrons. The topological polar surface area (TPSA) is 72.7 Å². The van der Waals surface area contributed by atoms with Crippen LogP contribution in [0, 0.1) is 11.8 Å². The zero-order chi connectivity index (χ0) is 11.9. The molecule has 2 atom stereocenters. The lowest BCUT2D eigenvalue weighted by Crippen LogP contribution is -2.59. The van der Waals surface area contributed by atoms with E-state index in [2.05, 4.69) is 5.32 Å². The Morgan fingerprint density at radius 2 is 1.27 bits per heavy atom. The molecule has 0 radical (unpaired) electrons. The average Bonchev–Trinajstić information content (AvgIpc) is 1.99. The predicted molar refractivity (Wildman–Crippen MR) is 58.5 cm³/mol. The molecule has 0 aromatic rings. The van der Waals surface area contributed by atoms with Gasteiger partial charge < -0.3 is 20.6 Å². The first-order chi connectivity index (χ1) is 6.64. The first-order valence-corrected chi connectivity index (χ1v) is 5.47. The van der Waals surface area contributed by atoms with E-state index in [0.29, 0.717) is 13.1 Å². The van der Waals surface area contributed by atoms with Crippen molar-refractivity contribution in [3.63, 3.8) is 0 Å². The van der Waals surface area contributed by atoms with Gasteiger partial charge in [-0.05, 0) is 27.7 Å². The van der Waals surface area contributed by atoms with Crippen LogP contribution in [0.2, 0.25) is 0 Å². The molecule has 0 bridgehead atoms. The molecular formula is C11H23NO3. The number of piperidine rings is 1. The van der Waals surface area contributed by atoms with E-state index in [4.69, 9.17) is 0 Å². The maximum Gasteiger partial charge on any atom is 0.0675 e. The van der Waals surface area contributed by atoms with Crippen LogP contribution >= 0.6 is 0 Å². The number of hydrogen-bond acceptors (Lipinski definition) is 4. The smallest absolute Gasteiger partial charge is 0.0675 e. The molecule has 1 aliphatic heterocycles. The van der Waals surface area contributed by atoms with E-state index in [9.17, 15) is 15.3 Å². The highest BCUT2D eigenvalue weighted by atomic mass is 16.3. The first-order valence-electron chi connectivity index (χ1n) is 5.47. The van der Waals surface area contributed by atoms with Crippen molar-refractivity contribution in [3.8, 4) is 0 Å². The van der Waals surface area contributed by atoms with E-state index in [0.717, 1.165) is 0 Å². The van der Waals surface area contributed by atoms with Gasteiger partial charge in [0, 0.05) is 24.9 Å². The Morgan fingerprint density at radius 1 is 0.933 bits per heavy atom. The van der Waals surface area contributed by atoms with Gasteiger partial charge in [-0.15, -0.1) is 0 Å². The molecule has 1 rings (SSSR count). The van der Waals surface area contributed by atoms with E-state index in [1.54, 1.807) is 27.7 Å². The number of nitrogens with one attached hydrogen (secondary N) is 1. The van der Waals surface area contributed by atoms with Gasteiger partial charge in [0.1, 0.15) is 0 Å². The van der Waals surface area contributed by atoms with Crippen LogP contribution in [0.4, 0.5) is 0 Å². The number of aliphatic hydroxyl groups excluding tert-OH is 1. The van der Waals surface area contributed by atoms with Crippen LogP contribution in [0.5, 0.6) is 0 Å². The summed E-state index contributed by atoms with van der Waals surface area (Å²) in [5.41, 5.74) is -1.87. The molecule has 4 nitrogen and oxygen atoms in total. The van der Waals surface area contributed by atoms with E-state index in [-0.39, 0.29) is 11.8 Å². The van der Waals surface area contributed by atoms with Crippen molar-refractivity contribution in [2.45, 2.75) is 45.0 Å². The van der Waals surface area contributed by atoms with Gasteiger partial charge in [0.25, 0.3) is 0 Å². The number of rotatable bonds is 2. The van der Waals surface area contributed by atoms with Crippen LogP contribution in [-0.2, 0) is 0 Å². The Labute approximate surface area is 91.3 Å². The summed E-state index contributed by atoms with van der Waals surface area (Å²) in [5.74, 6) is -0.495. The fourth-order valence-corrected chi connectivity index (χ4v) is 2.25. The molecule has 4 heteroatoms. The van der Waals surface area contributed by atoms with Gasteiger partial charge in [0.05, 0.1) is 17.3 Å². The second-order valence-electron chi connectivity index (χ2n) is 5.67. The summed E-state index contributed by atoms with van der Waals surface area (Å²) >= 11 is 0. The van der Waals surface area contributed by atoms with Crippen molar-refractivity contribution < 1.29 is 15.3 Å². The van der Waals surface area contributed by atoms with Gasteiger partial charge in [-0.1, -0.05) is 0 Å². The summed E-state index contributed by atoms with van der Waals surface area (Å²) < 4.78 is 0. The Kier molecular flexibility index (Phi) is 3.45. The Bertz CT molecular complexity index is 195. The van der Waals surface area contributed by atoms with Crippen LogP contribution < -0.4 is 5.32 Å². The average molecular weight is 217 g/mol. The van der Waals surface area contributed by atoms with Crippen molar-refractivity contribution in [2.75, 3.05) is 13.1 Å². The summed E-state index contributed by atoms with van der Waals surface area (Å²) in [6, 6.07) is 0. The molecule has 15 heavy (non-hydrogen) atoms. The lowest BCUT2D eigenvalue weighted by molar-refractivity contribution is -0.125. The lowest BCUT2D eigenvalue weighted by Gasteiger charge is -2.45. The van der Waals surface area contributed by atoms with Crippen LogP contribution in [0.25, 0.3) is 0 Å². The highest BCUT2D eigenvalue weighted by Crippen LogP contribution is 2.32. The third-order valence-corrected chi connectivity index (χ3v) is 3.37. The molecular weight excluding hydrogens is 194 g/mol. The third kappa shape index (κ3) is 2.91. The summed E-state index contributed by atoms with van der Waals surface area (Å²) in [7, 11) is 0. The minimum atomic E-state index is -0.934. The van der Waals surface area contributed by atoms with Crippen molar-refractivity contribution in [2.24, 2.45) is 11.8 Å². The Morgan fingerprint density at radius 3 is 1.53 bits per heavy atom. The van der Waals surface area contributed by atoms with Crippen LogP contribution in [0.3, 0.4) is 0 Å². The molecule has 0 aromatic carbocycles. The number of hydrogen-bond donors (Lipinski definition) is 4. The largest absolute Gasteiger partial charge is 0.392 e. The first kappa shape index (κ1) is 12.9. The standard InChI is InChI=1S/C11H23NO3/c1-10(2,14)7-5-12-6-8(9(7)13)11(3,4)15/h7-9,12-15H,5-6H2,1-4H3. The maximum absolute atomic E-state index is 10.1. The molecule has 0 spiro atoms. The molecule has 4 N–H and O–H groups in total.